The topological polar surface area (TPSA) is 119 Å². The van der Waals surface area contributed by atoms with Crippen molar-refractivity contribution in [3.8, 4) is 0 Å². The zero-order valence-electron chi connectivity index (χ0n) is 14.8. The third-order valence-corrected chi connectivity index (χ3v) is 6.34. The molecule has 1 atom stereocenters. The first-order chi connectivity index (χ1) is 12.3. The molecule has 0 radical (unpaired) electrons. The summed E-state index contributed by atoms with van der Waals surface area (Å²) in [6.45, 7) is 1.93. The Morgan fingerprint density at radius 1 is 1.15 bits per heavy atom. The second-order valence-corrected chi connectivity index (χ2v) is 8.78. The molecule has 8 nitrogen and oxygen atoms in total. The first-order valence-electron chi connectivity index (χ1n) is 9.16. The van der Waals surface area contributed by atoms with E-state index < -0.39 is 14.9 Å². The molecule has 3 N–H and O–H groups in total. The van der Waals surface area contributed by atoms with Gasteiger partial charge in [-0.15, -0.1) is 0 Å². The monoisotopic (exact) mass is 382 g/mol. The molecule has 1 unspecified atom stereocenters. The summed E-state index contributed by atoms with van der Waals surface area (Å²) in [5.74, 6) is 0. The van der Waals surface area contributed by atoms with Crippen LogP contribution < -0.4 is 10.5 Å². The number of rotatable bonds is 5. The summed E-state index contributed by atoms with van der Waals surface area (Å²) < 4.78 is 23.8. The maximum absolute atomic E-state index is 11.9. The van der Waals surface area contributed by atoms with E-state index in [2.05, 4.69) is 10.2 Å². The standard InChI is InChI=1S/C17H26N4O4S/c18-26(24,25)17-11-15(21(22)23)8-9-16(17)19-13-5-4-10-20(12-13)14-6-2-1-3-7-14/h8-9,11,13-14,19H,1-7,10,12H2,(H2,18,24,25). The van der Waals surface area contributed by atoms with Crippen LogP contribution in [0.4, 0.5) is 11.4 Å². The third kappa shape index (κ3) is 4.52. The van der Waals surface area contributed by atoms with Gasteiger partial charge < -0.3 is 5.32 Å². The summed E-state index contributed by atoms with van der Waals surface area (Å²) in [6, 6.07) is 4.49. The van der Waals surface area contributed by atoms with Crippen molar-refractivity contribution in [3.63, 3.8) is 0 Å². The van der Waals surface area contributed by atoms with Crippen LogP contribution in [0.1, 0.15) is 44.9 Å². The van der Waals surface area contributed by atoms with Gasteiger partial charge in [-0.05, 0) is 38.3 Å². The molecule has 3 rings (SSSR count). The Kier molecular flexibility index (Phi) is 5.79. The summed E-state index contributed by atoms with van der Waals surface area (Å²) >= 11 is 0. The van der Waals surface area contributed by atoms with E-state index in [0.29, 0.717) is 11.7 Å². The maximum atomic E-state index is 11.9. The van der Waals surface area contributed by atoms with Crippen LogP contribution in [0.2, 0.25) is 0 Å². The zero-order valence-corrected chi connectivity index (χ0v) is 15.6. The van der Waals surface area contributed by atoms with E-state index in [-0.39, 0.29) is 16.6 Å². The van der Waals surface area contributed by atoms with Crippen LogP contribution in [0.25, 0.3) is 0 Å². The number of likely N-dealkylation sites (tertiary alicyclic amines) is 1. The number of primary sulfonamides is 1. The van der Waals surface area contributed by atoms with Gasteiger partial charge in [0.2, 0.25) is 10.0 Å². The molecule has 0 amide bonds. The Morgan fingerprint density at radius 2 is 1.88 bits per heavy atom. The molecule has 0 spiro atoms. The number of nitro groups is 1. The van der Waals surface area contributed by atoms with Crippen molar-refractivity contribution in [3.05, 3.63) is 28.3 Å². The molecule has 26 heavy (non-hydrogen) atoms. The van der Waals surface area contributed by atoms with Gasteiger partial charge in [0.05, 0.1) is 10.6 Å². The van der Waals surface area contributed by atoms with E-state index in [4.69, 9.17) is 5.14 Å². The molecular formula is C17H26N4O4S. The Labute approximate surface area is 153 Å². The minimum atomic E-state index is -4.05. The number of nitrogens with two attached hydrogens (primary N) is 1. The molecular weight excluding hydrogens is 356 g/mol. The van der Waals surface area contributed by atoms with Crippen molar-refractivity contribution >= 4 is 21.4 Å². The predicted octanol–water partition coefficient (Wildman–Crippen LogP) is 2.45. The third-order valence-electron chi connectivity index (χ3n) is 5.39. The van der Waals surface area contributed by atoms with E-state index in [0.717, 1.165) is 32.0 Å². The fourth-order valence-electron chi connectivity index (χ4n) is 4.10. The molecule has 9 heteroatoms. The highest BCUT2D eigenvalue weighted by Crippen LogP contribution is 2.29. The van der Waals surface area contributed by atoms with Gasteiger partial charge in [-0.2, -0.15) is 0 Å². The lowest BCUT2D eigenvalue weighted by Crippen LogP contribution is -2.47. The van der Waals surface area contributed by atoms with Gasteiger partial charge in [0.1, 0.15) is 4.90 Å². The van der Waals surface area contributed by atoms with Crippen molar-refractivity contribution in [1.29, 1.82) is 0 Å². The smallest absolute Gasteiger partial charge is 0.270 e. The number of nitrogens with one attached hydrogen (secondary N) is 1. The van der Waals surface area contributed by atoms with Crippen LogP contribution in [0.15, 0.2) is 23.1 Å². The van der Waals surface area contributed by atoms with Crippen molar-refractivity contribution in [2.24, 2.45) is 5.14 Å². The average Bonchev–Trinajstić information content (AvgIpc) is 2.62. The second-order valence-electron chi connectivity index (χ2n) is 7.25. The SMILES string of the molecule is NS(=O)(=O)c1cc([N+](=O)[O-])ccc1NC1CCCN(C2CCCCC2)C1. The van der Waals surface area contributed by atoms with Crippen LogP contribution in [0.5, 0.6) is 0 Å². The minimum absolute atomic E-state index is 0.104. The lowest BCUT2D eigenvalue weighted by molar-refractivity contribution is -0.385. The van der Waals surface area contributed by atoms with Gasteiger partial charge in [-0.3, -0.25) is 15.0 Å². The maximum Gasteiger partial charge on any atom is 0.270 e. The van der Waals surface area contributed by atoms with Gasteiger partial charge >= 0.3 is 0 Å². The number of hydrogen-bond donors (Lipinski definition) is 2. The Hall–Kier alpha value is -1.71. The number of non-ortho nitro benzene ring substituents is 1. The lowest BCUT2D eigenvalue weighted by atomic mass is 9.92. The van der Waals surface area contributed by atoms with Gasteiger partial charge in [-0.25, -0.2) is 13.6 Å². The van der Waals surface area contributed by atoms with Gasteiger partial charge in [0.15, 0.2) is 0 Å². The average molecular weight is 382 g/mol. The van der Waals surface area contributed by atoms with Crippen LogP contribution in [-0.2, 0) is 10.0 Å². The molecule has 1 aliphatic heterocycles. The molecule has 1 aromatic rings. The quantitative estimate of drug-likeness (QED) is 0.596. The molecule has 1 saturated carbocycles. The molecule has 144 valence electrons. The van der Waals surface area contributed by atoms with Crippen molar-refractivity contribution in [2.75, 3.05) is 18.4 Å². The highest BCUT2D eigenvalue weighted by molar-refractivity contribution is 7.89. The van der Waals surface area contributed by atoms with Crippen LogP contribution in [0.3, 0.4) is 0 Å². The summed E-state index contributed by atoms with van der Waals surface area (Å²) in [4.78, 5) is 12.6. The molecule has 0 bridgehead atoms. The number of sulfonamides is 1. The molecule has 1 saturated heterocycles. The summed E-state index contributed by atoms with van der Waals surface area (Å²) in [6.07, 6.45) is 8.30. The lowest BCUT2D eigenvalue weighted by Gasteiger charge is -2.40. The number of hydrogen-bond acceptors (Lipinski definition) is 6. The molecule has 0 aromatic heterocycles. The summed E-state index contributed by atoms with van der Waals surface area (Å²) in [5, 5.41) is 19.5. The largest absolute Gasteiger partial charge is 0.380 e. The fraction of sp³-hybridized carbons (Fsp3) is 0.647. The fourth-order valence-corrected chi connectivity index (χ4v) is 4.82. The molecule has 1 aromatic carbocycles. The van der Waals surface area contributed by atoms with Crippen LogP contribution in [0, 0.1) is 10.1 Å². The number of benzene rings is 1. The molecule has 1 heterocycles. The van der Waals surface area contributed by atoms with E-state index in [1.807, 2.05) is 0 Å². The Balaban J connectivity index is 1.76. The van der Waals surface area contributed by atoms with E-state index >= 15 is 0 Å². The van der Waals surface area contributed by atoms with Crippen molar-refractivity contribution in [1.82, 2.24) is 4.90 Å². The van der Waals surface area contributed by atoms with Crippen molar-refractivity contribution < 1.29 is 13.3 Å². The van der Waals surface area contributed by atoms with E-state index in [1.165, 1.54) is 44.2 Å². The zero-order chi connectivity index (χ0) is 18.7. The van der Waals surface area contributed by atoms with Gasteiger partial charge in [0, 0.05) is 30.8 Å². The van der Waals surface area contributed by atoms with E-state index in [9.17, 15) is 18.5 Å². The minimum Gasteiger partial charge on any atom is -0.380 e. The first kappa shape index (κ1) is 19.1. The molecule has 1 aliphatic carbocycles. The first-order valence-corrected chi connectivity index (χ1v) is 10.7. The number of anilines is 1. The normalized spacial score (nSPS) is 22.9. The van der Waals surface area contributed by atoms with Crippen LogP contribution >= 0.6 is 0 Å². The summed E-state index contributed by atoms with van der Waals surface area (Å²) in [5.41, 5.74) is 0.0562. The van der Waals surface area contributed by atoms with Crippen molar-refractivity contribution in [2.45, 2.75) is 61.9 Å². The second kappa shape index (κ2) is 7.89. The van der Waals surface area contributed by atoms with Gasteiger partial charge in [0.25, 0.3) is 5.69 Å². The number of piperidine rings is 1. The van der Waals surface area contributed by atoms with E-state index in [1.54, 1.807) is 0 Å². The highest BCUT2D eigenvalue weighted by atomic mass is 32.2. The highest BCUT2D eigenvalue weighted by Gasteiger charge is 2.28. The molecule has 2 aliphatic rings. The van der Waals surface area contributed by atoms with Crippen LogP contribution in [-0.4, -0.2) is 43.4 Å². The number of nitrogens with zero attached hydrogens (tertiary/aromatic N) is 2. The number of nitro benzene ring substituents is 1. The van der Waals surface area contributed by atoms with Gasteiger partial charge in [-0.1, -0.05) is 19.3 Å². The Morgan fingerprint density at radius 3 is 2.54 bits per heavy atom. The Bertz CT molecular complexity index is 762. The molecule has 2 fully saturated rings. The predicted molar refractivity (Wildman–Crippen MR) is 99.6 cm³/mol. The summed E-state index contributed by atoms with van der Waals surface area (Å²) in [7, 11) is -4.05.